The van der Waals surface area contributed by atoms with Gasteiger partial charge in [-0.1, -0.05) is 35.9 Å². The molecule has 8 heteroatoms. The number of carbonyl (C=O) groups is 1. The summed E-state index contributed by atoms with van der Waals surface area (Å²) < 4.78 is 18.3. The first kappa shape index (κ1) is 25.4. The topological polar surface area (TPSA) is 65.3 Å². The highest BCUT2D eigenvalue weighted by Crippen LogP contribution is 2.35. The molecule has 36 heavy (non-hydrogen) atoms. The number of carbonyl (C=O) groups excluding carboxylic acids is 1. The second-order valence-corrected chi connectivity index (χ2v) is 8.95. The molecular formula is C28H30ClN3O4. The normalized spacial score (nSPS) is 11.8. The lowest BCUT2D eigenvalue weighted by molar-refractivity contribution is -0.130. The van der Waals surface area contributed by atoms with Crippen LogP contribution in [0.5, 0.6) is 17.2 Å². The van der Waals surface area contributed by atoms with Crippen LogP contribution in [-0.2, 0) is 11.2 Å². The maximum absolute atomic E-state index is 13.5. The number of rotatable bonds is 10. The predicted octanol–water partition coefficient (Wildman–Crippen LogP) is 5.24. The Balaban J connectivity index is 1.58. The summed E-state index contributed by atoms with van der Waals surface area (Å²) in [5, 5.41) is 0.596. The Hall–Kier alpha value is -3.71. The van der Waals surface area contributed by atoms with Crippen LogP contribution in [0.3, 0.4) is 0 Å². The number of hydrogen-bond acceptors (Lipinski definition) is 5. The summed E-state index contributed by atoms with van der Waals surface area (Å²) in [6.45, 7) is 0.561. The van der Waals surface area contributed by atoms with Crippen LogP contribution in [0.4, 0.5) is 0 Å². The molecule has 0 fully saturated rings. The van der Waals surface area contributed by atoms with Crippen LogP contribution in [0.1, 0.15) is 29.2 Å². The van der Waals surface area contributed by atoms with E-state index in [1.807, 2.05) is 66.2 Å². The van der Waals surface area contributed by atoms with Crippen LogP contribution in [0.15, 0.2) is 67.0 Å². The Morgan fingerprint density at radius 3 is 2.50 bits per heavy atom. The fourth-order valence-corrected chi connectivity index (χ4v) is 4.51. The van der Waals surface area contributed by atoms with E-state index in [2.05, 4.69) is 4.98 Å². The van der Waals surface area contributed by atoms with E-state index in [1.54, 1.807) is 38.5 Å². The summed E-state index contributed by atoms with van der Waals surface area (Å²) in [5.41, 5.74) is 3.62. The van der Waals surface area contributed by atoms with Crippen LogP contribution in [0.25, 0.3) is 5.65 Å². The molecule has 0 spiro atoms. The lowest BCUT2D eigenvalue weighted by Gasteiger charge is -2.23. The molecule has 2 aromatic heterocycles. The van der Waals surface area contributed by atoms with Crippen LogP contribution in [-0.4, -0.2) is 55.1 Å². The molecule has 188 valence electrons. The Labute approximate surface area is 216 Å². The minimum atomic E-state index is -0.273. The number of likely N-dealkylation sites (N-methyl/N-ethyl adjacent to an activating group) is 1. The van der Waals surface area contributed by atoms with E-state index in [1.165, 1.54) is 0 Å². The van der Waals surface area contributed by atoms with Crippen LogP contribution in [0.2, 0.25) is 5.02 Å². The molecule has 0 aliphatic heterocycles. The third-order valence-electron chi connectivity index (χ3n) is 6.36. The average molecular weight is 508 g/mol. The second kappa shape index (κ2) is 11.4. The molecule has 0 aliphatic rings. The van der Waals surface area contributed by atoms with Gasteiger partial charge in [0, 0.05) is 43.9 Å². The molecule has 2 heterocycles. The van der Waals surface area contributed by atoms with Crippen molar-refractivity contribution in [3.05, 3.63) is 88.8 Å². The average Bonchev–Trinajstić information content (AvgIpc) is 3.32. The van der Waals surface area contributed by atoms with E-state index >= 15 is 0 Å². The first-order chi connectivity index (χ1) is 17.4. The fourth-order valence-electron chi connectivity index (χ4n) is 4.35. The molecular weight excluding hydrogens is 478 g/mol. The van der Waals surface area contributed by atoms with Gasteiger partial charge in [-0.25, -0.2) is 4.98 Å². The standard InChI is InChI=1S/C28H30ClN3O4/c1-31(14-13-19-9-11-25(35-3)26(15-19)36-4)28(33)16-22(21-7-5-6-8-24(21)34-2)23-17-30-27-12-10-20(29)18-32(23)27/h5-12,15,17-18,22H,13-14,16H2,1-4H3. The number of methoxy groups -OCH3 is 3. The molecule has 1 amide bonds. The van der Waals surface area contributed by atoms with E-state index in [9.17, 15) is 4.79 Å². The molecule has 1 atom stereocenters. The zero-order valence-electron chi connectivity index (χ0n) is 20.9. The minimum absolute atomic E-state index is 0.0170. The van der Waals surface area contributed by atoms with Gasteiger partial charge in [-0.05, 0) is 42.3 Å². The second-order valence-electron chi connectivity index (χ2n) is 8.51. The lowest BCUT2D eigenvalue weighted by atomic mass is 9.91. The maximum Gasteiger partial charge on any atom is 0.223 e. The van der Waals surface area contributed by atoms with Gasteiger partial charge in [0.1, 0.15) is 11.4 Å². The summed E-state index contributed by atoms with van der Waals surface area (Å²) in [6, 6.07) is 17.2. The van der Waals surface area contributed by atoms with Gasteiger partial charge in [-0.15, -0.1) is 0 Å². The van der Waals surface area contributed by atoms with Gasteiger partial charge in [0.05, 0.1) is 32.0 Å². The van der Waals surface area contributed by atoms with Crippen molar-refractivity contribution in [2.75, 3.05) is 34.9 Å². The van der Waals surface area contributed by atoms with Gasteiger partial charge >= 0.3 is 0 Å². The van der Waals surface area contributed by atoms with Gasteiger partial charge in [-0.3, -0.25) is 4.79 Å². The summed E-state index contributed by atoms with van der Waals surface area (Å²) in [5.74, 6) is 1.82. The Morgan fingerprint density at radius 2 is 1.75 bits per heavy atom. The molecule has 2 aromatic carbocycles. The monoisotopic (exact) mass is 507 g/mol. The van der Waals surface area contributed by atoms with Crippen molar-refractivity contribution in [2.45, 2.75) is 18.8 Å². The van der Waals surface area contributed by atoms with Crippen LogP contribution in [0, 0.1) is 0 Å². The predicted molar refractivity (Wildman–Crippen MR) is 141 cm³/mol. The number of fused-ring (bicyclic) bond motifs is 1. The van der Waals surface area contributed by atoms with E-state index in [-0.39, 0.29) is 18.2 Å². The molecule has 4 aromatic rings. The van der Waals surface area contributed by atoms with Gasteiger partial charge < -0.3 is 23.5 Å². The number of benzene rings is 2. The number of amides is 1. The number of imidazole rings is 1. The first-order valence-electron chi connectivity index (χ1n) is 11.7. The Bertz CT molecular complexity index is 1350. The number of hydrogen-bond donors (Lipinski definition) is 0. The number of aromatic nitrogens is 2. The third-order valence-corrected chi connectivity index (χ3v) is 6.58. The number of para-hydroxylation sites is 1. The highest BCUT2D eigenvalue weighted by molar-refractivity contribution is 6.30. The molecule has 4 rings (SSSR count). The van der Waals surface area contributed by atoms with E-state index in [0.717, 1.165) is 28.2 Å². The Kier molecular flexibility index (Phi) is 8.00. The number of halogens is 1. The van der Waals surface area contributed by atoms with E-state index in [4.69, 9.17) is 25.8 Å². The van der Waals surface area contributed by atoms with Crippen molar-refractivity contribution in [3.8, 4) is 17.2 Å². The van der Waals surface area contributed by atoms with Gasteiger partial charge in [0.2, 0.25) is 5.91 Å². The van der Waals surface area contributed by atoms with Crippen LogP contribution < -0.4 is 14.2 Å². The molecule has 0 saturated heterocycles. The smallest absolute Gasteiger partial charge is 0.223 e. The van der Waals surface area contributed by atoms with Crippen LogP contribution >= 0.6 is 11.6 Å². The molecule has 0 radical (unpaired) electrons. The highest BCUT2D eigenvalue weighted by atomic mass is 35.5. The van der Waals surface area contributed by atoms with Gasteiger partial charge in [0.15, 0.2) is 11.5 Å². The zero-order chi connectivity index (χ0) is 25.7. The summed E-state index contributed by atoms with van der Waals surface area (Å²) in [4.78, 5) is 19.8. The zero-order valence-corrected chi connectivity index (χ0v) is 21.7. The number of nitrogens with zero attached hydrogens (tertiary/aromatic N) is 3. The molecule has 0 saturated carbocycles. The largest absolute Gasteiger partial charge is 0.496 e. The number of pyridine rings is 1. The van der Waals surface area contributed by atoms with Crippen molar-refractivity contribution in [2.24, 2.45) is 0 Å². The SMILES string of the molecule is COc1ccc(CCN(C)C(=O)CC(c2ccccc2OC)c2cnc3ccc(Cl)cn23)cc1OC. The fraction of sp³-hybridized carbons (Fsp3) is 0.286. The van der Waals surface area contributed by atoms with Crippen molar-refractivity contribution >= 4 is 23.2 Å². The van der Waals surface area contributed by atoms with Crippen molar-refractivity contribution < 1.29 is 19.0 Å². The molecule has 7 nitrogen and oxygen atoms in total. The van der Waals surface area contributed by atoms with E-state index in [0.29, 0.717) is 29.5 Å². The number of ether oxygens (including phenoxy) is 3. The minimum Gasteiger partial charge on any atom is -0.496 e. The maximum atomic E-state index is 13.5. The van der Waals surface area contributed by atoms with Crippen molar-refractivity contribution in [1.82, 2.24) is 14.3 Å². The Morgan fingerprint density at radius 1 is 1.00 bits per heavy atom. The molecule has 0 N–H and O–H groups in total. The summed E-state index contributed by atoms with van der Waals surface area (Å²) in [6.07, 6.45) is 4.57. The van der Waals surface area contributed by atoms with Gasteiger partial charge in [0.25, 0.3) is 0 Å². The third kappa shape index (κ3) is 5.41. The molecule has 1 unspecified atom stereocenters. The van der Waals surface area contributed by atoms with E-state index < -0.39 is 0 Å². The van der Waals surface area contributed by atoms with Gasteiger partial charge in [-0.2, -0.15) is 0 Å². The van der Waals surface area contributed by atoms with Crippen molar-refractivity contribution in [3.63, 3.8) is 0 Å². The lowest BCUT2D eigenvalue weighted by Crippen LogP contribution is -2.30. The summed E-state index contributed by atoms with van der Waals surface area (Å²) >= 11 is 6.29. The van der Waals surface area contributed by atoms with Crippen molar-refractivity contribution in [1.29, 1.82) is 0 Å². The highest BCUT2D eigenvalue weighted by Gasteiger charge is 2.26. The first-order valence-corrected chi connectivity index (χ1v) is 12.0. The molecule has 0 aliphatic carbocycles. The quantitative estimate of drug-likeness (QED) is 0.294. The summed E-state index contributed by atoms with van der Waals surface area (Å²) in [7, 11) is 6.69. The molecule has 0 bridgehead atoms.